The van der Waals surface area contributed by atoms with E-state index < -0.39 is 0 Å². The first-order chi connectivity index (χ1) is 17.8. The molecule has 1 aromatic carbocycles. The maximum Gasteiger partial charge on any atom is 0.320 e. The summed E-state index contributed by atoms with van der Waals surface area (Å²) in [6, 6.07) is 7.53. The number of pyridine rings is 1. The van der Waals surface area contributed by atoms with Crippen molar-refractivity contribution in [3.05, 3.63) is 64.5 Å². The van der Waals surface area contributed by atoms with Crippen LogP contribution in [0.4, 0.5) is 10.6 Å². The Hall–Kier alpha value is -3.76. The van der Waals surface area contributed by atoms with Gasteiger partial charge in [-0.05, 0) is 43.2 Å². The van der Waals surface area contributed by atoms with Gasteiger partial charge in [-0.1, -0.05) is 22.8 Å². The van der Waals surface area contributed by atoms with Gasteiger partial charge in [0.2, 0.25) is 0 Å². The number of nitrogens with zero attached hydrogens (tertiary/aromatic N) is 6. The molecule has 4 heterocycles. The van der Waals surface area contributed by atoms with E-state index in [9.17, 15) is 4.79 Å². The van der Waals surface area contributed by atoms with Gasteiger partial charge in [0.05, 0.1) is 16.2 Å². The number of carbonyl (C=O) groups is 1. The fourth-order valence-electron chi connectivity index (χ4n) is 4.64. The number of hydrogen-bond acceptors (Lipinski definition) is 8. The van der Waals surface area contributed by atoms with Crippen molar-refractivity contribution in [2.24, 2.45) is 0 Å². The van der Waals surface area contributed by atoms with Crippen LogP contribution in [-0.4, -0.2) is 69.7 Å². The minimum absolute atomic E-state index is 0.0662. The number of aryl methyl sites for hydroxylation is 2. The van der Waals surface area contributed by atoms with Gasteiger partial charge in [-0.25, -0.2) is 14.8 Å². The molecule has 1 fully saturated rings. The molecular weight excluding hydrogens is 492 g/mol. The lowest BCUT2D eigenvalue weighted by Crippen LogP contribution is -2.52. The van der Waals surface area contributed by atoms with E-state index in [-0.39, 0.29) is 12.1 Å². The lowest BCUT2D eigenvalue weighted by molar-refractivity contribution is 0.132. The Morgan fingerprint density at radius 1 is 1.24 bits per heavy atom. The van der Waals surface area contributed by atoms with Gasteiger partial charge in [0.1, 0.15) is 17.6 Å². The zero-order valence-electron chi connectivity index (χ0n) is 21.2. The first-order valence-electron chi connectivity index (χ1n) is 12.1. The van der Waals surface area contributed by atoms with Gasteiger partial charge in [-0.2, -0.15) is 0 Å². The van der Waals surface area contributed by atoms with Crippen LogP contribution in [-0.2, 0) is 6.54 Å². The Morgan fingerprint density at radius 3 is 2.81 bits per heavy atom. The predicted molar refractivity (Wildman–Crippen MR) is 142 cm³/mol. The molecular formula is C26H29ClN8O2. The molecule has 10 nitrogen and oxygen atoms in total. The van der Waals surface area contributed by atoms with Crippen LogP contribution in [0.3, 0.4) is 0 Å². The number of hydrogen-bond donors (Lipinski definition) is 2. The van der Waals surface area contributed by atoms with E-state index in [1.54, 1.807) is 31.4 Å². The van der Waals surface area contributed by atoms with Crippen LogP contribution in [0.2, 0.25) is 5.02 Å². The molecule has 1 saturated heterocycles. The van der Waals surface area contributed by atoms with Crippen LogP contribution >= 0.6 is 11.6 Å². The van der Waals surface area contributed by atoms with Crippen molar-refractivity contribution in [1.82, 2.24) is 35.2 Å². The molecule has 1 aliphatic heterocycles. The SMILES string of the molecule is Cc1noc(C)c1-c1ccc2nc(C3CNCCN3C(=O)N(C)C)nc(NCc3cncc(Cl)c3)c2c1. The van der Waals surface area contributed by atoms with E-state index in [1.807, 2.05) is 43.0 Å². The van der Waals surface area contributed by atoms with Gasteiger partial charge in [-0.3, -0.25) is 4.98 Å². The Bertz CT molecular complexity index is 1430. The van der Waals surface area contributed by atoms with Crippen molar-refractivity contribution in [3.8, 4) is 11.1 Å². The van der Waals surface area contributed by atoms with Gasteiger partial charge in [-0.15, -0.1) is 0 Å². The average Bonchev–Trinajstić information content (AvgIpc) is 3.24. The third-order valence-corrected chi connectivity index (χ3v) is 6.63. The lowest BCUT2D eigenvalue weighted by atomic mass is 10.0. The third-order valence-electron chi connectivity index (χ3n) is 6.43. The summed E-state index contributed by atoms with van der Waals surface area (Å²) < 4.78 is 5.40. The Balaban J connectivity index is 1.60. The number of nitrogens with one attached hydrogen (secondary N) is 2. The molecule has 5 rings (SSSR count). The Morgan fingerprint density at radius 2 is 2.08 bits per heavy atom. The van der Waals surface area contributed by atoms with Crippen LogP contribution in [0.25, 0.3) is 22.0 Å². The second-order valence-corrected chi connectivity index (χ2v) is 9.75. The number of rotatable bonds is 5. The minimum Gasteiger partial charge on any atom is -0.365 e. The zero-order valence-corrected chi connectivity index (χ0v) is 22.0. The maximum absolute atomic E-state index is 12.9. The zero-order chi connectivity index (χ0) is 26.1. The Kier molecular flexibility index (Phi) is 6.94. The summed E-state index contributed by atoms with van der Waals surface area (Å²) in [5.41, 5.74) is 4.44. The van der Waals surface area contributed by atoms with Crippen molar-refractivity contribution >= 4 is 34.4 Å². The standard InChI is InChI=1S/C26H29ClN8O2/c1-15-23(16(2)37-33-15)18-5-6-21-20(10-18)24(30-12-17-9-19(27)13-29-11-17)32-25(31-21)22-14-28-7-8-35(22)26(36)34(3)4/h5-6,9-11,13,22,28H,7-8,12,14H2,1-4H3,(H,30,31,32). The van der Waals surface area contributed by atoms with E-state index in [2.05, 4.69) is 20.8 Å². The number of urea groups is 1. The summed E-state index contributed by atoms with van der Waals surface area (Å²) >= 11 is 6.15. The van der Waals surface area contributed by atoms with Crippen LogP contribution in [0, 0.1) is 13.8 Å². The normalized spacial score (nSPS) is 15.7. The van der Waals surface area contributed by atoms with Crippen molar-refractivity contribution in [1.29, 1.82) is 0 Å². The molecule has 11 heteroatoms. The number of amides is 2. The van der Waals surface area contributed by atoms with Crippen LogP contribution in [0.15, 0.2) is 41.2 Å². The largest absolute Gasteiger partial charge is 0.365 e. The number of anilines is 1. The van der Waals surface area contributed by atoms with E-state index in [1.165, 1.54) is 0 Å². The van der Waals surface area contributed by atoms with Crippen molar-refractivity contribution in [2.45, 2.75) is 26.4 Å². The highest BCUT2D eigenvalue weighted by Gasteiger charge is 2.31. The van der Waals surface area contributed by atoms with Crippen molar-refractivity contribution < 1.29 is 9.32 Å². The van der Waals surface area contributed by atoms with Crippen molar-refractivity contribution in [3.63, 3.8) is 0 Å². The summed E-state index contributed by atoms with van der Waals surface area (Å²) in [6.07, 6.45) is 3.37. The molecule has 0 saturated carbocycles. The topological polar surface area (TPSA) is 112 Å². The van der Waals surface area contributed by atoms with E-state index >= 15 is 0 Å². The highest BCUT2D eigenvalue weighted by Crippen LogP contribution is 2.33. The summed E-state index contributed by atoms with van der Waals surface area (Å²) in [7, 11) is 3.51. The molecule has 37 heavy (non-hydrogen) atoms. The third kappa shape index (κ3) is 5.07. The van der Waals surface area contributed by atoms with Crippen molar-refractivity contribution in [2.75, 3.05) is 39.0 Å². The molecule has 1 unspecified atom stereocenters. The minimum atomic E-state index is -0.302. The van der Waals surface area contributed by atoms with Gasteiger partial charge in [0, 0.05) is 63.6 Å². The summed E-state index contributed by atoms with van der Waals surface area (Å²) in [5, 5.41) is 12.4. The first kappa shape index (κ1) is 24.9. The maximum atomic E-state index is 12.9. The average molecular weight is 521 g/mol. The molecule has 0 spiro atoms. The van der Waals surface area contributed by atoms with E-state index in [0.717, 1.165) is 45.6 Å². The molecule has 192 valence electrons. The molecule has 3 aromatic heterocycles. The monoisotopic (exact) mass is 520 g/mol. The number of fused-ring (bicyclic) bond motifs is 1. The van der Waals surface area contributed by atoms with E-state index in [0.29, 0.717) is 36.3 Å². The predicted octanol–water partition coefficient (Wildman–Crippen LogP) is 4.19. The van der Waals surface area contributed by atoms with Crippen LogP contribution in [0.5, 0.6) is 0 Å². The number of halogens is 1. The molecule has 2 N–H and O–H groups in total. The molecule has 0 radical (unpaired) electrons. The number of aromatic nitrogens is 4. The molecule has 0 aliphatic carbocycles. The lowest BCUT2D eigenvalue weighted by Gasteiger charge is -2.36. The molecule has 2 amide bonds. The van der Waals surface area contributed by atoms with Gasteiger partial charge in [0.25, 0.3) is 0 Å². The Labute approximate surface area is 220 Å². The molecule has 4 aromatic rings. The van der Waals surface area contributed by atoms with Crippen LogP contribution < -0.4 is 10.6 Å². The van der Waals surface area contributed by atoms with E-state index in [4.69, 9.17) is 26.1 Å². The summed E-state index contributed by atoms with van der Waals surface area (Å²) in [5.74, 6) is 1.99. The molecule has 1 atom stereocenters. The summed E-state index contributed by atoms with van der Waals surface area (Å²) in [6.45, 7) is 6.16. The van der Waals surface area contributed by atoms with Gasteiger partial charge < -0.3 is 25.0 Å². The quantitative estimate of drug-likeness (QED) is 0.403. The smallest absolute Gasteiger partial charge is 0.320 e. The molecule has 1 aliphatic rings. The highest BCUT2D eigenvalue weighted by atomic mass is 35.5. The van der Waals surface area contributed by atoms with Crippen LogP contribution in [0.1, 0.15) is 28.9 Å². The molecule has 0 bridgehead atoms. The second kappa shape index (κ2) is 10.3. The number of carbonyl (C=O) groups excluding carboxylic acids is 1. The van der Waals surface area contributed by atoms with Gasteiger partial charge in [0.15, 0.2) is 5.82 Å². The van der Waals surface area contributed by atoms with Gasteiger partial charge >= 0.3 is 6.03 Å². The number of benzene rings is 1. The first-order valence-corrected chi connectivity index (χ1v) is 12.5. The fourth-order valence-corrected chi connectivity index (χ4v) is 4.84. The fraction of sp³-hybridized carbons (Fsp3) is 0.346. The highest BCUT2D eigenvalue weighted by molar-refractivity contribution is 6.30. The second-order valence-electron chi connectivity index (χ2n) is 9.32. The number of piperazine rings is 1. The summed E-state index contributed by atoms with van der Waals surface area (Å²) in [4.78, 5) is 30.4.